The second-order valence-electron chi connectivity index (χ2n) is 5.58. The fourth-order valence-electron chi connectivity index (χ4n) is 3.06. The van der Waals surface area contributed by atoms with Gasteiger partial charge in [-0.2, -0.15) is 0 Å². The van der Waals surface area contributed by atoms with E-state index in [1.165, 1.54) is 45.1 Å². The number of ether oxygens (including phenoxy) is 1. The predicted molar refractivity (Wildman–Crippen MR) is 71.3 cm³/mol. The maximum Gasteiger partial charge on any atom is 0.0589 e. The van der Waals surface area contributed by atoms with Gasteiger partial charge in [0.05, 0.1) is 6.61 Å². The van der Waals surface area contributed by atoms with Crippen LogP contribution in [0, 0.1) is 0 Å². The molecule has 0 spiro atoms. The molecule has 0 aromatic carbocycles. The highest BCUT2D eigenvalue weighted by atomic mass is 16.5. The van der Waals surface area contributed by atoms with Gasteiger partial charge in [-0.3, -0.25) is 4.90 Å². The molecule has 1 N–H and O–H groups in total. The summed E-state index contributed by atoms with van der Waals surface area (Å²) in [6.45, 7) is 5.44. The Morgan fingerprint density at radius 3 is 2.59 bits per heavy atom. The molecule has 0 bridgehead atoms. The molecule has 2 aliphatic carbocycles. The van der Waals surface area contributed by atoms with Crippen LogP contribution >= 0.6 is 0 Å². The number of nitrogens with one attached hydrogen (secondary N) is 1. The molecule has 0 saturated heterocycles. The maximum atomic E-state index is 5.24. The van der Waals surface area contributed by atoms with Crippen LogP contribution in [0.5, 0.6) is 0 Å². The third-order valence-corrected chi connectivity index (χ3v) is 4.13. The number of rotatable bonds is 8. The summed E-state index contributed by atoms with van der Waals surface area (Å²) >= 11 is 0. The molecule has 2 fully saturated rings. The highest BCUT2D eigenvalue weighted by molar-refractivity contribution is 4.94. The van der Waals surface area contributed by atoms with E-state index in [1.807, 2.05) is 7.11 Å². The molecule has 17 heavy (non-hydrogen) atoms. The Balaban J connectivity index is 1.75. The van der Waals surface area contributed by atoms with Crippen LogP contribution in [-0.4, -0.2) is 49.8 Å². The van der Waals surface area contributed by atoms with Crippen LogP contribution in [0.15, 0.2) is 0 Å². The fraction of sp³-hybridized carbons (Fsp3) is 1.00. The molecule has 0 radical (unpaired) electrons. The van der Waals surface area contributed by atoms with Gasteiger partial charge in [-0.25, -0.2) is 0 Å². The smallest absolute Gasteiger partial charge is 0.0589 e. The van der Waals surface area contributed by atoms with Crippen molar-refractivity contribution < 1.29 is 4.74 Å². The van der Waals surface area contributed by atoms with E-state index in [0.29, 0.717) is 0 Å². The molecule has 2 aliphatic rings. The van der Waals surface area contributed by atoms with Crippen LogP contribution in [0.2, 0.25) is 0 Å². The largest absolute Gasteiger partial charge is 0.383 e. The van der Waals surface area contributed by atoms with Crippen LogP contribution in [-0.2, 0) is 4.74 Å². The lowest BCUT2D eigenvalue weighted by Gasteiger charge is -2.28. The average Bonchev–Trinajstić information content (AvgIpc) is 3.07. The number of methoxy groups -OCH3 is 1. The maximum absolute atomic E-state index is 5.24. The molecular weight excluding hydrogens is 212 g/mol. The van der Waals surface area contributed by atoms with Crippen LogP contribution in [0.25, 0.3) is 0 Å². The third kappa shape index (κ3) is 3.94. The molecule has 2 rings (SSSR count). The van der Waals surface area contributed by atoms with E-state index >= 15 is 0 Å². The Morgan fingerprint density at radius 1 is 1.18 bits per heavy atom. The summed E-state index contributed by atoms with van der Waals surface area (Å²) in [5, 5.41) is 3.67. The summed E-state index contributed by atoms with van der Waals surface area (Å²) in [7, 11) is 1.81. The zero-order chi connectivity index (χ0) is 12.1. The van der Waals surface area contributed by atoms with Crippen LogP contribution in [0.3, 0.4) is 0 Å². The molecule has 2 unspecified atom stereocenters. The van der Waals surface area contributed by atoms with Gasteiger partial charge >= 0.3 is 0 Å². The van der Waals surface area contributed by atoms with E-state index in [0.717, 1.165) is 31.3 Å². The van der Waals surface area contributed by atoms with Gasteiger partial charge in [0.15, 0.2) is 0 Å². The minimum absolute atomic E-state index is 0.767. The van der Waals surface area contributed by atoms with Crippen molar-refractivity contribution in [2.75, 3.05) is 26.8 Å². The van der Waals surface area contributed by atoms with Gasteiger partial charge in [-0.05, 0) is 45.1 Å². The molecule has 0 aliphatic heterocycles. The SMILES string of the molecule is CCCNC1CCC(N(CCOC)C2CC2)C1. The van der Waals surface area contributed by atoms with E-state index in [1.54, 1.807) is 0 Å². The predicted octanol–water partition coefficient (Wildman–Crippen LogP) is 2.02. The van der Waals surface area contributed by atoms with Crippen molar-refractivity contribution in [3.8, 4) is 0 Å². The van der Waals surface area contributed by atoms with Gasteiger partial charge in [0.25, 0.3) is 0 Å². The Kier molecular flexibility index (Phi) is 5.26. The summed E-state index contributed by atoms with van der Waals surface area (Å²) in [6, 6.07) is 2.45. The van der Waals surface area contributed by atoms with Crippen molar-refractivity contribution in [2.24, 2.45) is 0 Å². The van der Waals surface area contributed by atoms with Crippen molar-refractivity contribution in [2.45, 2.75) is 63.6 Å². The van der Waals surface area contributed by atoms with Crippen LogP contribution in [0.4, 0.5) is 0 Å². The minimum Gasteiger partial charge on any atom is -0.383 e. The van der Waals surface area contributed by atoms with E-state index in [-0.39, 0.29) is 0 Å². The van der Waals surface area contributed by atoms with Gasteiger partial charge in [0.2, 0.25) is 0 Å². The Bertz CT molecular complexity index is 218. The Hall–Kier alpha value is -0.120. The zero-order valence-corrected chi connectivity index (χ0v) is 11.5. The monoisotopic (exact) mass is 240 g/mol. The van der Waals surface area contributed by atoms with Crippen molar-refractivity contribution in [3.05, 3.63) is 0 Å². The van der Waals surface area contributed by atoms with E-state index in [9.17, 15) is 0 Å². The molecule has 3 nitrogen and oxygen atoms in total. The number of hydrogen-bond donors (Lipinski definition) is 1. The van der Waals surface area contributed by atoms with Crippen molar-refractivity contribution >= 4 is 0 Å². The molecular formula is C14H28N2O. The molecule has 2 atom stereocenters. The van der Waals surface area contributed by atoms with E-state index in [4.69, 9.17) is 4.74 Å². The van der Waals surface area contributed by atoms with Crippen molar-refractivity contribution in [1.82, 2.24) is 10.2 Å². The molecule has 0 amide bonds. The van der Waals surface area contributed by atoms with Crippen LogP contribution < -0.4 is 5.32 Å². The topological polar surface area (TPSA) is 24.5 Å². The molecule has 2 saturated carbocycles. The zero-order valence-electron chi connectivity index (χ0n) is 11.5. The fourth-order valence-corrected chi connectivity index (χ4v) is 3.06. The molecule has 3 heteroatoms. The minimum atomic E-state index is 0.767. The second-order valence-corrected chi connectivity index (χ2v) is 5.58. The van der Waals surface area contributed by atoms with Gasteiger partial charge in [-0.15, -0.1) is 0 Å². The lowest BCUT2D eigenvalue weighted by Crippen LogP contribution is -2.39. The first-order valence-corrected chi connectivity index (χ1v) is 7.33. The molecule has 0 aromatic heterocycles. The summed E-state index contributed by atoms with van der Waals surface area (Å²) in [5.41, 5.74) is 0. The summed E-state index contributed by atoms with van der Waals surface area (Å²) in [4.78, 5) is 2.72. The Morgan fingerprint density at radius 2 is 1.94 bits per heavy atom. The first-order chi connectivity index (χ1) is 8.35. The molecule has 0 heterocycles. The highest BCUT2D eigenvalue weighted by Crippen LogP contribution is 2.34. The van der Waals surface area contributed by atoms with E-state index in [2.05, 4.69) is 17.1 Å². The van der Waals surface area contributed by atoms with Gasteiger partial charge in [0, 0.05) is 31.8 Å². The van der Waals surface area contributed by atoms with Gasteiger partial charge in [0.1, 0.15) is 0 Å². The van der Waals surface area contributed by atoms with Crippen molar-refractivity contribution in [1.29, 1.82) is 0 Å². The van der Waals surface area contributed by atoms with Gasteiger partial charge < -0.3 is 10.1 Å². The van der Waals surface area contributed by atoms with Crippen molar-refractivity contribution in [3.63, 3.8) is 0 Å². The lowest BCUT2D eigenvalue weighted by atomic mass is 10.2. The van der Waals surface area contributed by atoms with Crippen LogP contribution in [0.1, 0.15) is 45.4 Å². The molecule has 0 aromatic rings. The van der Waals surface area contributed by atoms with E-state index < -0.39 is 0 Å². The first-order valence-electron chi connectivity index (χ1n) is 7.33. The first kappa shape index (κ1) is 13.3. The number of hydrogen-bond acceptors (Lipinski definition) is 3. The third-order valence-electron chi connectivity index (χ3n) is 4.13. The summed E-state index contributed by atoms with van der Waals surface area (Å²) in [6.07, 6.45) is 8.15. The quantitative estimate of drug-likeness (QED) is 0.702. The standard InChI is InChI=1S/C14H28N2O/c1-3-8-15-12-4-5-14(11-12)16(9-10-17-2)13-6-7-13/h12-15H,3-11H2,1-2H3. The molecule has 100 valence electrons. The van der Waals surface area contributed by atoms with Gasteiger partial charge in [-0.1, -0.05) is 6.92 Å². The Labute approximate surface area is 106 Å². The summed E-state index contributed by atoms with van der Waals surface area (Å²) < 4.78 is 5.24. The highest BCUT2D eigenvalue weighted by Gasteiger charge is 2.37. The normalized spacial score (nSPS) is 29.1. The number of nitrogens with zero attached hydrogens (tertiary/aromatic N) is 1. The second kappa shape index (κ2) is 6.72. The lowest BCUT2D eigenvalue weighted by molar-refractivity contribution is 0.114. The average molecular weight is 240 g/mol. The summed E-state index contributed by atoms with van der Waals surface area (Å²) in [5.74, 6) is 0.